The molecule has 1 N–H and O–H groups in total. The number of carbonyl (C=O) groups excluding carboxylic acids is 1. The molecule has 0 radical (unpaired) electrons. The van der Waals surface area contributed by atoms with Gasteiger partial charge >= 0.3 is 5.97 Å². The normalized spacial score (nSPS) is 36.9. The first-order valence-electron chi connectivity index (χ1n) is 8.47. The third kappa shape index (κ3) is 4.38. The maximum absolute atomic E-state index is 12.3. The summed E-state index contributed by atoms with van der Waals surface area (Å²) in [4.78, 5) is 12.3. The van der Waals surface area contributed by atoms with Crippen LogP contribution in [0.15, 0.2) is 0 Å². The first-order chi connectivity index (χ1) is 9.95. The van der Waals surface area contributed by atoms with Gasteiger partial charge in [0, 0.05) is 16.5 Å². The van der Waals surface area contributed by atoms with E-state index in [0.29, 0.717) is 11.3 Å². The second-order valence-electron chi connectivity index (χ2n) is 7.27. The lowest BCUT2D eigenvalue weighted by molar-refractivity contribution is -0.148. The highest BCUT2D eigenvalue weighted by Crippen LogP contribution is 2.43. The molecular formula is C17H31NO2S. The number of carbonyl (C=O) groups is 1. The zero-order valence-electron chi connectivity index (χ0n) is 14.0. The van der Waals surface area contributed by atoms with Crippen molar-refractivity contribution in [3.8, 4) is 0 Å². The van der Waals surface area contributed by atoms with E-state index in [0.717, 1.165) is 30.4 Å². The summed E-state index contributed by atoms with van der Waals surface area (Å²) >= 11 is 2.14. The minimum atomic E-state index is -0.444. The number of methoxy groups -OCH3 is 1. The third-order valence-corrected chi connectivity index (χ3v) is 6.48. The molecule has 0 saturated heterocycles. The fourth-order valence-corrected chi connectivity index (χ4v) is 5.94. The van der Waals surface area contributed by atoms with Gasteiger partial charge in [0.2, 0.25) is 0 Å². The predicted molar refractivity (Wildman–Crippen MR) is 89.7 cm³/mol. The lowest BCUT2D eigenvalue weighted by Gasteiger charge is -2.31. The van der Waals surface area contributed by atoms with Crippen LogP contribution in [-0.2, 0) is 9.53 Å². The van der Waals surface area contributed by atoms with Crippen molar-refractivity contribution in [3.05, 3.63) is 0 Å². The van der Waals surface area contributed by atoms with Gasteiger partial charge in [-0.1, -0.05) is 19.8 Å². The lowest BCUT2D eigenvalue weighted by atomic mass is 9.91. The number of nitrogens with one attached hydrogen (secondary N) is 1. The Kier molecular flexibility index (Phi) is 6.01. The Labute approximate surface area is 134 Å². The van der Waals surface area contributed by atoms with E-state index >= 15 is 0 Å². The number of hydrogen-bond acceptors (Lipinski definition) is 4. The molecule has 4 unspecified atom stereocenters. The van der Waals surface area contributed by atoms with Crippen LogP contribution in [-0.4, -0.2) is 35.2 Å². The maximum Gasteiger partial charge on any atom is 0.326 e. The molecule has 2 rings (SSSR count). The van der Waals surface area contributed by atoms with Gasteiger partial charge in [0.25, 0.3) is 0 Å². The molecule has 0 aromatic heterocycles. The number of rotatable bonds is 5. The number of esters is 1. The molecule has 0 spiro atoms. The van der Waals surface area contributed by atoms with Gasteiger partial charge < -0.3 is 4.74 Å². The van der Waals surface area contributed by atoms with E-state index < -0.39 is 5.54 Å². The molecule has 21 heavy (non-hydrogen) atoms. The van der Waals surface area contributed by atoms with Crippen molar-refractivity contribution >= 4 is 17.7 Å². The van der Waals surface area contributed by atoms with Crippen molar-refractivity contribution in [1.29, 1.82) is 0 Å². The summed E-state index contributed by atoms with van der Waals surface area (Å²) in [5, 5.41) is 4.89. The van der Waals surface area contributed by atoms with Gasteiger partial charge in [-0.15, -0.1) is 0 Å². The van der Waals surface area contributed by atoms with Crippen molar-refractivity contribution < 1.29 is 9.53 Å². The molecule has 4 heteroatoms. The van der Waals surface area contributed by atoms with E-state index in [9.17, 15) is 4.79 Å². The zero-order chi connectivity index (χ0) is 15.5. The first kappa shape index (κ1) is 17.1. The van der Waals surface area contributed by atoms with Crippen LogP contribution < -0.4 is 5.32 Å². The van der Waals surface area contributed by atoms with Crippen molar-refractivity contribution in [2.75, 3.05) is 7.11 Å². The minimum Gasteiger partial charge on any atom is -0.468 e. The minimum absolute atomic E-state index is 0.0729. The second kappa shape index (κ2) is 7.36. The smallest absolute Gasteiger partial charge is 0.326 e. The highest BCUT2D eigenvalue weighted by Gasteiger charge is 2.47. The van der Waals surface area contributed by atoms with E-state index in [1.54, 1.807) is 0 Å². The molecule has 2 aliphatic rings. The molecule has 0 amide bonds. The molecule has 2 fully saturated rings. The molecule has 0 aliphatic heterocycles. The van der Waals surface area contributed by atoms with Crippen LogP contribution in [0, 0.1) is 5.92 Å². The van der Waals surface area contributed by atoms with Crippen LogP contribution in [0.3, 0.4) is 0 Å². The maximum atomic E-state index is 12.3. The highest BCUT2D eigenvalue weighted by atomic mass is 32.2. The van der Waals surface area contributed by atoms with Crippen molar-refractivity contribution in [2.45, 2.75) is 87.8 Å². The molecule has 2 saturated carbocycles. The fraction of sp³-hybridized carbons (Fsp3) is 0.941. The van der Waals surface area contributed by atoms with Gasteiger partial charge in [0.05, 0.1) is 7.11 Å². The molecule has 4 atom stereocenters. The van der Waals surface area contributed by atoms with Crippen molar-refractivity contribution in [2.24, 2.45) is 5.92 Å². The summed E-state index contributed by atoms with van der Waals surface area (Å²) in [6.07, 6.45) is 8.44. The number of ether oxygens (including phenoxy) is 1. The van der Waals surface area contributed by atoms with Gasteiger partial charge in [-0.2, -0.15) is 11.8 Å². The molecule has 0 aromatic rings. The molecule has 2 aliphatic carbocycles. The Morgan fingerprint density at radius 3 is 2.67 bits per heavy atom. The van der Waals surface area contributed by atoms with Gasteiger partial charge in [-0.05, 0) is 51.9 Å². The topological polar surface area (TPSA) is 38.3 Å². The van der Waals surface area contributed by atoms with Gasteiger partial charge in [0.1, 0.15) is 5.54 Å². The van der Waals surface area contributed by atoms with E-state index in [2.05, 4.69) is 37.8 Å². The third-order valence-electron chi connectivity index (χ3n) is 4.88. The quantitative estimate of drug-likeness (QED) is 0.784. The van der Waals surface area contributed by atoms with Crippen LogP contribution >= 0.6 is 11.8 Å². The standard InChI is InChI=1S/C17H31NO2S/c1-12(2)18-17(16(19)20-4)9-8-15(11-17)21-14-7-5-6-13(3)10-14/h12-15,18H,5-11H2,1-4H3. The summed E-state index contributed by atoms with van der Waals surface area (Å²) in [6.45, 7) is 6.59. The summed E-state index contributed by atoms with van der Waals surface area (Å²) in [6, 6.07) is 0.308. The van der Waals surface area contributed by atoms with Gasteiger partial charge in [-0.3, -0.25) is 10.1 Å². The van der Waals surface area contributed by atoms with Crippen LogP contribution in [0.5, 0.6) is 0 Å². The van der Waals surface area contributed by atoms with Crippen molar-refractivity contribution in [3.63, 3.8) is 0 Å². The first-order valence-corrected chi connectivity index (χ1v) is 9.41. The SMILES string of the molecule is COC(=O)C1(NC(C)C)CCC(SC2CCCC(C)C2)C1. The van der Waals surface area contributed by atoms with E-state index in [-0.39, 0.29) is 5.97 Å². The average Bonchev–Trinajstić information content (AvgIpc) is 2.81. The molecule has 122 valence electrons. The summed E-state index contributed by atoms with van der Waals surface area (Å²) in [7, 11) is 1.51. The van der Waals surface area contributed by atoms with Gasteiger partial charge in [-0.25, -0.2) is 0 Å². The average molecular weight is 314 g/mol. The van der Waals surface area contributed by atoms with Crippen molar-refractivity contribution in [1.82, 2.24) is 5.32 Å². The predicted octanol–water partition coefficient (Wildman–Crippen LogP) is 3.76. The largest absolute Gasteiger partial charge is 0.468 e. The monoisotopic (exact) mass is 313 g/mol. The lowest BCUT2D eigenvalue weighted by Crippen LogP contribution is -2.53. The van der Waals surface area contributed by atoms with Crippen LogP contribution in [0.25, 0.3) is 0 Å². The van der Waals surface area contributed by atoms with E-state index in [1.807, 2.05) is 0 Å². The zero-order valence-corrected chi connectivity index (χ0v) is 14.8. The summed E-state index contributed by atoms with van der Waals surface area (Å²) in [5.74, 6) is 0.799. The van der Waals surface area contributed by atoms with E-state index in [4.69, 9.17) is 4.74 Å². The number of hydrogen-bond donors (Lipinski definition) is 1. The Hall–Kier alpha value is -0.220. The summed E-state index contributed by atoms with van der Waals surface area (Å²) in [5.41, 5.74) is -0.444. The van der Waals surface area contributed by atoms with E-state index in [1.165, 1.54) is 32.8 Å². The molecule has 3 nitrogen and oxygen atoms in total. The van der Waals surface area contributed by atoms with Crippen LogP contribution in [0.2, 0.25) is 0 Å². The van der Waals surface area contributed by atoms with Gasteiger partial charge in [0.15, 0.2) is 0 Å². The molecule has 0 heterocycles. The second-order valence-corrected chi connectivity index (χ2v) is 8.87. The van der Waals surface area contributed by atoms with Crippen LogP contribution in [0.1, 0.15) is 65.7 Å². The Morgan fingerprint density at radius 2 is 2.05 bits per heavy atom. The molecule has 0 aromatic carbocycles. The highest BCUT2D eigenvalue weighted by molar-refractivity contribution is 8.00. The Morgan fingerprint density at radius 1 is 1.29 bits per heavy atom. The molecule has 0 bridgehead atoms. The Bertz CT molecular complexity index is 361. The fourth-order valence-electron chi connectivity index (χ4n) is 4.01. The number of thioether (sulfide) groups is 1. The summed E-state index contributed by atoms with van der Waals surface area (Å²) < 4.78 is 5.08. The van der Waals surface area contributed by atoms with Crippen LogP contribution in [0.4, 0.5) is 0 Å². The Balaban J connectivity index is 1.94. The molecular weight excluding hydrogens is 282 g/mol.